The average molecular weight is 464 g/mol. The molecule has 2 N–H and O–H groups in total. The van der Waals surface area contributed by atoms with Gasteiger partial charge in [0.05, 0.1) is 6.61 Å². The summed E-state index contributed by atoms with van der Waals surface area (Å²) in [4.78, 5) is 26.9. The molecular weight excluding hydrogens is 432 g/mol. The van der Waals surface area contributed by atoms with E-state index in [2.05, 4.69) is 15.4 Å². The van der Waals surface area contributed by atoms with Gasteiger partial charge in [0, 0.05) is 20.1 Å². The first-order valence-corrected chi connectivity index (χ1v) is 10.7. The highest BCUT2D eigenvalue weighted by Crippen LogP contribution is 2.30. The van der Waals surface area contributed by atoms with Gasteiger partial charge in [0.2, 0.25) is 5.91 Å². The second kappa shape index (κ2) is 12.6. The van der Waals surface area contributed by atoms with Crippen molar-refractivity contribution >= 4 is 11.9 Å². The number of carbonyl (C=O) groups excluding carboxylic acids is 2. The standard InChI is InChI=1S/C24H31F2N3O4/c1-5-32-20-13-18(11-12-19(20)33-23(25)26)15-29(4)22(30)21(16(2)3)28-24(31)27-14-17-9-7-6-8-10-17/h6-13,16,21,23H,5,14-15H2,1-4H3,(H2,27,28,31). The number of carbonyl (C=O) groups is 2. The Bertz CT molecular complexity index is 910. The van der Waals surface area contributed by atoms with Crippen LogP contribution in [0.25, 0.3) is 0 Å². The van der Waals surface area contributed by atoms with Crippen molar-refractivity contribution in [3.05, 3.63) is 59.7 Å². The molecule has 0 heterocycles. The van der Waals surface area contributed by atoms with E-state index < -0.39 is 18.7 Å². The van der Waals surface area contributed by atoms with Crippen LogP contribution in [0.5, 0.6) is 11.5 Å². The largest absolute Gasteiger partial charge is 0.490 e. The third-order valence-electron chi connectivity index (χ3n) is 4.84. The maximum Gasteiger partial charge on any atom is 0.387 e. The zero-order chi connectivity index (χ0) is 24.4. The lowest BCUT2D eigenvalue weighted by Crippen LogP contribution is -2.52. The Morgan fingerprint density at radius 1 is 1.03 bits per heavy atom. The van der Waals surface area contributed by atoms with Crippen molar-refractivity contribution in [3.63, 3.8) is 0 Å². The van der Waals surface area contributed by atoms with Gasteiger partial charge in [0.25, 0.3) is 0 Å². The number of hydrogen-bond acceptors (Lipinski definition) is 4. The predicted octanol–water partition coefficient (Wildman–Crippen LogP) is 4.17. The van der Waals surface area contributed by atoms with Crippen LogP contribution in [-0.2, 0) is 17.9 Å². The fraction of sp³-hybridized carbons (Fsp3) is 0.417. The number of amides is 3. The van der Waals surface area contributed by atoms with E-state index in [0.29, 0.717) is 12.1 Å². The molecule has 2 aromatic rings. The lowest BCUT2D eigenvalue weighted by atomic mass is 10.0. The quantitative estimate of drug-likeness (QED) is 0.524. The first-order chi connectivity index (χ1) is 15.7. The van der Waals surface area contributed by atoms with E-state index in [9.17, 15) is 18.4 Å². The van der Waals surface area contributed by atoms with Gasteiger partial charge in [-0.15, -0.1) is 0 Å². The number of nitrogens with one attached hydrogen (secondary N) is 2. The molecule has 0 fully saturated rings. The van der Waals surface area contributed by atoms with E-state index in [1.54, 1.807) is 26.1 Å². The third kappa shape index (κ3) is 8.25. The van der Waals surface area contributed by atoms with Crippen molar-refractivity contribution in [2.45, 2.75) is 46.5 Å². The summed E-state index contributed by atoms with van der Waals surface area (Å²) in [5.41, 5.74) is 1.62. The smallest absolute Gasteiger partial charge is 0.387 e. The minimum atomic E-state index is -2.97. The van der Waals surface area contributed by atoms with E-state index in [1.165, 1.54) is 11.0 Å². The molecule has 9 heteroatoms. The number of rotatable bonds is 11. The molecule has 2 rings (SSSR count). The van der Waals surface area contributed by atoms with Gasteiger partial charge in [-0.2, -0.15) is 8.78 Å². The number of likely N-dealkylation sites (N-methyl/N-ethyl adjacent to an activating group) is 1. The average Bonchev–Trinajstić information content (AvgIpc) is 2.77. The summed E-state index contributed by atoms with van der Waals surface area (Å²) < 4.78 is 35.1. The molecule has 0 bridgehead atoms. The van der Waals surface area contributed by atoms with Crippen molar-refractivity contribution in [3.8, 4) is 11.5 Å². The molecule has 33 heavy (non-hydrogen) atoms. The fourth-order valence-corrected chi connectivity index (χ4v) is 3.19. The van der Waals surface area contributed by atoms with Crippen molar-refractivity contribution in [2.24, 2.45) is 5.92 Å². The van der Waals surface area contributed by atoms with Crippen molar-refractivity contribution in [1.82, 2.24) is 15.5 Å². The van der Waals surface area contributed by atoms with Crippen molar-refractivity contribution < 1.29 is 27.8 Å². The molecule has 7 nitrogen and oxygen atoms in total. The molecule has 180 valence electrons. The monoisotopic (exact) mass is 463 g/mol. The van der Waals surface area contributed by atoms with Crippen LogP contribution in [0.15, 0.2) is 48.5 Å². The van der Waals surface area contributed by atoms with Gasteiger partial charge in [0.15, 0.2) is 11.5 Å². The Morgan fingerprint density at radius 2 is 1.73 bits per heavy atom. The fourth-order valence-electron chi connectivity index (χ4n) is 3.19. The second-order valence-electron chi connectivity index (χ2n) is 7.82. The second-order valence-corrected chi connectivity index (χ2v) is 7.82. The number of hydrogen-bond donors (Lipinski definition) is 2. The summed E-state index contributed by atoms with van der Waals surface area (Å²) in [7, 11) is 1.62. The zero-order valence-electron chi connectivity index (χ0n) is 19.3. The van der Waals surface area contributed by atoms with Crippen molar-refractivity contribution in [2.75, 3.05) is 13.7 Å². The SMILES string of the molecule is CCOc1cc(CN(C)C(=O)C(NC(=O)NCc2ccccc2)C(C)C)ccc1OC(F)F. The van der Waals surface area contributed by atoms with Gasteiger partial charge in [0.1, 0.15) is 6.04 Å². The predicted molar refractivity (Wildman–Crippen MR) is 121 cm³/mol. The van der Waals surface area contributed by atoms with Crippen LogP contribution in [0.2, 0.25) is 0 Å². The molecule has 0 saturated heterocycles. The molecule has 1 unspecified atom stereocenters. The van der Waals surface area contributed by atoms with Crippen LogP contribution >= 0.6 is 0 Å². The summed E-state index contributed by atoms with van der Waals surface area (Å²) in [6, 6.07) is 12.8. The Morgan fingerprint density at radius 3 is 2.33 bits per heavy atom. The van der Waals surface area contributed by atoms with Crippen LogP contribution in [0, 0.1) is 5.92 Å². The number of ether oxygens (including phenoxy) is 2. The van der Waals surface area contributed by atoms with Crippen LogP contribution in [-0.4, -0.2) is 43.1 Å². The molecule has 0 aliphatic carbocycles. The van der Waals surface area contributed by atoms with E-state index >= 15 is 0 Å². The van der Waals surface area contributed by atoms with Crippen molar-refractivity contribution in [1.29, 1.82) is 0 Å². The van der Waals surface area contributed by atoms with Gasteiger partial charge in [-0.1, -0.05) is 50.2 Å². The zero-order valence-corrected chi connectivity index (χ0v) is 19.3. The molecule has 0 aromatic heterocycles. The molecular formula is C24H31F2N3O4. The number of urea groups is 1. The normalized spacial score (nSPS) is 11.8. The highest BCUT2D eigenvalue weighted by Gasteiger charge is 2.27. The molecule has 0 aliphatic rings. The summed E-state index contributed by atoms with van der Waals surface area (Å²) in [5, 5.41) is 5.50. The highest BCUT2D eigenvalue weighted by atomic mass is 19.3. The van der Waals surface area contributed by atoms with E-state index in [-0.39, 0.29) is 36.5 Å². The van der Waals surface area contributed by atoms with Gasteiger partial charge >= 0.3 is 12.6 Å². The maximum absolute atomic E-state index is 13.1. The molecule has 3 amide bonds. The van der Waals surface area contributed by atoms with E-state index in [0.717, 1.165) is 5.56 Å². The Hall–Kier alpha value is -3.36. The number of nitrogens with zero attached hydrogens (tertiary/aromatic N) is 1. The molecule has 1 atom stereocenters. The molecule has 0 aliphatic heterocycles. The number of halogens is 2. The Labute approximate surface area is 193 Å². The van der Waals surface area contributed by atoms with Crippen LogP contribution in [0.1, 0.15) is 31.9 Å². The summed E-state index contributed by atoms with van der Waals surface area (Å²) in [5.74, 6) is -0.315. The summed E-state index contributed by atoms with van der Waals surface area (Å²) >= 11 is 0. The minimum Gasteiger partial charge on any atom is -0.490 e. The van der Waals surface area contributed by atoms with Crippen LogP contribution in [0.4, 0.5) is 13.6 Å². The Kier molecular flexibility index (Phi) is 9.90. The molecule has 0 radical (unpaired) electrons. The highest BCUT2D eigenvalue weighted by molar-refractivity contribution is 5.87. The number of benzene rings is 2. The third-order valence-corrected chi connectivity index (χ3v) is 4.84. The molecule has 0 spiro atoms. The van der Waals surface area contributed by atoms with Crippen LogP contribution < -0.4 is 20.1 Å². The van der Waals surface area contributed by atoms with Crippen LogP contribution in [0.3, 0.4) is 0 Å². The topological polar surface area (TPSA) is 79.9 Å². The Balaban J connectivity index is 2.02. The maximum atomic E-state index is 13.1. The number of alkyl halides is 2. The van der Waals surface area contributed by atoms with Gasteiger partial charge in [-0.05, 0) is 36.1 Å². The summed E-state index contributed by atoms with van der Waals surface area (Å²) in [6.07, 6.45) is 0. The van der Waals surface area contributed by atoms with E-state index in [4.69, 9.17) is 4.74 Å². The first kappa shape index (κ1) is 25.9. The van der Waals surface area contributed by atoms with Gasteiger partial charge < -0.3 is 25.0 Å². The van der Waals surface area contributed by atoms with Gasteiger partial charge in [-0.25, -0.2) is 4.79 Å². The minimum absolute atomic E-state index is 0.0682. The lowest BCUT2D eigenvalue weighted by Gasteiger charge is -2.27. The molecule has 2 aromatic carbocycles. The van der Waals surface area contributed by atoms with E-state index in [1.807, 2.05) is 44.2 Å². The van der Waals surface area contributed by atoms with Gasteiger partial charge in [-0.3, -0.25) is 4.79 Å². The summed E-state index contributed by atoms with van der Waals surface area (Å²) in [6.45, 7) is 3.27. The lowest BCUT2D eigenvalue weighted by molar-refractivity contribution is -0.133. The molecule has 0 saturated carbocycles. The first-order valence-electron chi connectivity index (χ1n) is 10.7.